The molecule has 19 heavy (non-hydrogen) atoms. The predicted molar refractivity (Wildman–Crippen MR) is 76.4 cm³/mol. The van der Waals surface area contributed by atoms with Gasteiger partial charge in [-0.3, -0.25) is 4.68 Å². The summed E-state index contributed by atoms with van der Waals surface area (Å²) in [5.41, 5.74) is 3.08. The first-order valence-electron chi connectivity index (χ1n) is 7.17. The normalized spacial score (nSPS) is 20.2. The molecule has 5 heteroatoms. The lowest BCUT2D eigenvalue weighted by Crippen LogP contribution is -2.38. The Bertz CT molecular complexity index is 589. The fourth-order valence-electron chi connectivity index (χ4n) is 3.00. The highest BCUT2D eigenvalue weighted by molar-refractivity contribution is 5.87. The molecular formula is C14H21N5. The number of piperidine rings is 1. The molecule has 0 bridgehead atoms. The Kier molecular flexibility index (Phi) is 3.12. The molecule has 3 heterocycles. The minimum Gasteiger partial charge on any atom is -0.352 e. The quantitative estimate of drug-likeness (QED) is 0.831. The molecule has 0 spiro atoms. The van der Waals surface area contributed by atoms with Crippen LogP contribution in [0.25, 0.3) is 11.0 Å². The summed E-state index contributed by atoms with van der Waals surface area (Å²) in [5.74, 6) is 1.06. The van der Waals surface area contributed by atoms with E-state index in [-0.39, 0.29) is 0 Å². The van der Waals surface area contributed by atoms with E-state index in [2.05, 4.69) is 33.8 Å². The molecule has 1 fully saturated rings. The van der Waals surface area contributed by atoms with Crippen molar-refractivity contribution in [1.29, 1.82) is 0 Å². The lowest BCUT2D eigenvalue weighted by molar-refractivity contribution is 0.481. The molecule has 0 aliphatic carbocycles. The van der Waals surface area contributed by atoms with Crippen molar-refractivity contribution < 1.29 is 0 Å². The minimum atomic E-state index is 0.548. The number of hydrogen-bond donors (Lipinski definition) is 0. The zero-order valence-electron chi connectivity index (χ0n) is 11.9. The molecule has 2 aromatic rings. The summed E-state index contributed by atoms with van der Waals surface area (Å²) in [5, 5.41) is 4.58. The van der Waals surface area contributed by atoms with E-state index in [0.717, 1.165) is 35.6 Å². The smallest absolute Gasteiger partial charge is 0.158 e. The van der Waals surface area contributed by atoms with Crippen molar-refractivity contribution >= 4 is 16.9 Å². The average molecular weight is 259 g/mol. The van der Waals surface area contributed by atoms with Gasteiger partial charge in [-0.15, -0.1) is 0 Å². The van der Waals surface area contributed by atoms with E-state index in [1.165, 1.54) is 19.3 Å². The molecule has 1 aliphatic heterocycles. The van der Waals surface area contributed by atoms with Crippen molar-refractivity contribution in [2.75, 3.05) is 11.4 Å². The van der Waals surface area contributed by atoms with Crippen molar-refractivity contribution in [3.63, 3.8) is 0 Å². The van der Waals surface area contributed by atoms with Crippen LogP contribution in [0.2, 0.25) is 0 Å². The molecule has 1 atom stereocenters. The van der Waals surface area contributed by atoms with Gasteiger partial charge in [0.2, 0.25) is 0 Å². The molecule has 0 N–H and O–H groups in total. The highest BCUT2D eigenvalue weighted by Gasteiger charge is 2.24. The third-order valence-electron chi connectivity index (χ3n) is 4.05. The van der Waals surface area contributed by atoms with Gasteiger partial charge in [-0.05, 0) is 40.0 Å². The second-order valence-electron chi connectivity index (χ2n) is 5.33. The van der Waals surface area contributed by atoms with Gasteiger partial charge in [0.15, 0.2) is 5.82 Å². The Labute approximate surface area is 113 Å². The summed E-state index contributed by atoms with van der Waals surface area (Å²) >= 11 is 0. The van der Waals surface area contributed by atoms with Crippen LogP contribution in [0, 0.1) is 6.92 Å². The van der Waals surface area contributed by atoms with E-state index in [0.29, 0.717) is 6.04 Å². The summed E-state index contributed by atoms with van der Waals surface area (Å²) in [7, 11) is 0. The Hall–Kier alpha value is -1.65. The van der Waals surface area contributed by atoms with Crippen LogP contribution >= 0.6 is 0 Å². The number of nitrogens with zero attached hydrogens (tertiary/aromatic N) is 5. The maximum absolute atomic E-state index is 4.58. The van der Waals surface area contributed by atoms with E-state index < -0.39 is 0 Å². The number of hydrogen-bond acceptors (Lipinski definition) is 4. The fourth-order valence-corrected chi connectivity index (χ4v) is 3.00. The monoisotopic (exact) mass is 259 g/mol. The molecule has 3 rings (SSSR count). The average Bonchev–Trinajstić information content (AvgIpc) is 2.76. The summed E-state index contributed by atoms with van der Waals surface area (Å²) in [6.45, 7) is 8.36. The van der Waals surface area contributed by atoms with Crippen molar-refractivity contribution in [2.45, 2.75) is 52.6 Å². The van der Waals surface area contributed by atoms with Gasteiger partial charge in [-0.25, -0.2) is 9.97 Å². The van der Waals surface area contributed by atoms with Crippen LogP contribution < -0.4 is 4.90 Å². The van der Waals surface area contributed by atoms with Crippen LogP contribution in [0.3, 0.4) is 0 Å². The second-order valence-corrected chi connectivity index (χ2v) is 5.33. The van der Waals surface area contributed by atoms with E-state index in [1.54, 1.807) is 6.33 Å². The third-order valence-corrected chi connectivity index (χ3v) is 4.05. The predicted octanol–water partition coefficient (Wildman–Crippen LogP) is 2.53. The molecule has 0 saturated carbocycles. The van der Waals surface area contributed by atoms with Gasteiger partial charge in [-0.1, -0.05) is 0 Å². The maximum atomic E-state index is 4.58. The zero-order valence-corrected chi connectivity index (χ0v) is 11.9. The molecule has 1 aliphatic rings. The molecule has 0 aromatic carbocycles. The number of fused-ring (bicyclic) bond motifs is 1. The second kappa shape index (κ2) is 4.79. The van der Waals surface area contributed by atoms with Crippen molar-refractivity contribution in [3.05, 3.63) is 12.0 Å². The Morgan fingerprint density at radius 1 is 1.32 bits per heavy atom. The Morgan fingerprint density at radius 3 is 2.89 bits per heavy atom. The maximum Gasteiger partial charge on any atom is 0.158 e. The van der Waals surface area contributed by atoms with Crippen molar-refractivity contribution in [1.82, 2.24) is 19.7 Å². The van der Waals surface area contributed by atoms with Crippen LogP contribution in [0.4, 0.5) is 5.82 Å². The topological polar surface area (TPSA) is 46.8 Å². The zero-order chi connectivity index (χ0) is 13.4. The summed E-state index contributed by atoms with van der Waals surface area (Å²) in [4.78, 5) is 11.4. The fraction of sp³-hybridized carbons (Fsp3) is 0.643. The summed E-state index contributed by atoms with van der Waals surface area (Å²) < 4.78 is 2.03. The number of rotatable bonds is 2. The molecule has 2 aromatic heterocycles. The van der Waals surface area contributed by atoms with E-state index in [9.17, 15) is 0 Å². The van der Waals surface area contributed by atoms with Crippen LogP contribution in [0.15, 0.2) is 6.33 Å². The van der Waals surface area contributed by atoms with Gasteiger partial charge in [0.25, 0.3) is 0 Å². The van der Waals surface area contributed by atoms with Gasteiger partial charge in [0, 0.05) is 19.1 Å². The highest BCUT2D eigenvalue weighted by atomic mass is 15.3. The first-order chi connectivity index (χ1) is 9.22. The van der Waals surface area contributed by atoms with E-state index >= 15 is 0 Å². The molecule has 5 nitrogen and oxygen atoms in total. The largest absolute Gasteiger partial charge is 0.352 e. The first-order valence-corrected chi connectivity index (χ1v) is 7.17. The summed E-state index contributed by atoms with van der Waals surface area (Å²) in [6.07, 6.45) is 5.48. The van der Waals surface area contributed by atoms with Gasteiger partial charge in [0.05, 0.1) is 5.69 Å². The number of aryl methyl sites for hydroxylation is 2. The molecular weight excluding hydrogens is 238 g/mol. The molecule has 0 radical (unpaired) electrons. The highest BCUT2D eigenvalue weighted by Crippen LogP contribution is 2.29. The van der Waals surface area contributed by atoms with E-state index in [1.807, 2.05) is 11.6 Å². The van der Waals surface area contributed by atoms with Crippen molar-refractivity contribution in [2.24, 2.45) is 0 Å². The van der Waals surface area contributed by atoms with Crippen LogP contribution in [0.5, 0.6) is 0 Å². The molecule has 0 amide bonds. The molecule has 1 unspecified atom stereocenters. The van der Waals surface area contributed by atoms with Gasteiger partial charge in [0.1, 0.15) is 17.4 Å². The van der Waals surface area contributed by atoms with Crippen LogP contribution in [-0.4, -0.2) is 32.3 Å². The molecule has 1 saturated heterocycles. The summed E-state index contributed by atoms with van der Waals surface area (Å²) in [6, 6.07) is 0.548. The van der Waals surface area contributed by atoms with E-state index in [4.69, 9.17) is 0 Å². The van der Waals surface area contributed by atoms with Crippen LogP contribution in [0.1, 0.15) is 38.8 Å². The lowest BCUT2D eigenvalue weighted by Gasteiger charge is -2.34. The van der Waals surface area contributed by atoms with Crippen LogP contribution in [-0.2, 0) is 6.54 Å². The first kappa shape index (κ1) is 12.4. The minimum absolute atomic E-state index is 0.548. The Balaban J connectivity index is 2.17. The standard InChI is InChI=1S/C14H21N5/c1-4-19-13-12(11(3)17-19)15-9-16-14(13)18-8-6-5-7-10(18)2/h9-10H,4-8H2,1-3H3. The van der Waals surface area contributed by atoms with Crippen molar-refractivity contribution in [3.8, 4) is 0 Å². The Morgan fingerprint density at radius 2 is 2.16 bits per heavy atom. The molecule has 102 valence electrons. The van der Waals surface area contributed by atoms with Gasteiger partial charge >= 0.3 is 0 Å². The SMILES string of the molecule is CCn1nc(C)c2ncnc(N3CCCCC3C)c21. The third kappa shape index (κ3) is 1.97. The number of anilines is 1. The van der Waals surface area contributed by atoms with Gasteiger partial charge in [-0.2, -0.15) is 5.10 Å². The number of aromatic nitrogens is 4. The lowest BCUT2D eigenvalue weighted by atomic mass is 10.0. The van der Waals surface area contributed by atoms with Gasteiger partial charge < -0.3 is 4.90 Å².